The van der Waals surface area contributed by atoms with Crippen LogP contribution in [0.25, 0.3) is 0 Å². The lowest BCUT2D eigenvalue weighted by Gasteiger charge is -2.37. The third kappa shape index (κ3) is 9.10. The summed E-state index contributed by atoms with van der Waals surface area (Å²) in [7, 11) is -3.67. The minimum absolute atomic E-state index is 0.0449. The van der Waals surface area contributed by atoms with E-state index in [0.717, 1.165) is 16.0 Å². The SMILES string of the molecule is CS(=O)(=O)O.Cc1ccc(COC(=O)N2CCC(CNc3ncccn3)C(F)(F)C2)cc1. The average molecular weight is 473 g/mol. The van der Waals surface area contributed by atoms with Gasteiger partial charge in [0.05, 0.1) is 12.8 Å². The average Bonchev–Trinajstić information content (AvgIpc) is 2.71. The molecule has 1 fully saturated rings. The fourth-order valence-electron chi connectivity index (χ4n) is 2.92. The predicted octanol–water partition coefficient (Wildman–Crippen LogP) is 2.99. The Balaban J connectivity index is 0.000000654. The van der Waals surface area contributed by atoms with Crippen molar-refractivity contribution in [1.82, 2.24) is 14.9 Å². The van der Waals surface area contributed by atoms with Crippen LogP contribution in [0.3, 0.4) is 0 Å². The second-order valence-electron chi connectivity index (χ2n) is 7.39. The molecule has 176 valence electrons. The first-order chi connectivity index (χ1) is 14.9. The minimum Gasteiger partial charge on any atom is -0.445 e. The van der Waals surface area contributed by atoms with Gasteiger partial charge in [0.1, 0.15) is 6.61 Å². The number of carbonyl (C=O) groups is 1. The lowest BCUT2D eigenvalue weighted by Crippen LogP contribution is -2.52. The van der Waals surface area contributed by atoms with E-state index < -0.39 is 34.6 Å². The highest BCUT2D eigenvalue weighted by atomic mass is 32.2. The van der Waals surface area contributed by atoms with Crippen molar-refractivity contribution in [3.63, 3.8) is 0 Å². The molecular weight excluding hydrogens is 446 g/mol. The molecule has 2 N–H and O–H groups in total. The van der Waals surface area contributed by atoms with Crippen LogP contribution < -0.4 is 5.32 Å². The van der Waals surface area contributed by atoms with E-state index in [1.165, 1.54) is 0 Å². The molecule has 0 bridgehead atoms. The van der Waals surface area contributed by atoms with Crippen LogP contribution in [0.2, 0.25) is 0 Å². The number of nitrogens with one attached hydrogen (secondary N) is 1. The van der Waals surface area contributed by atoms with E-state index >= 15 is 0 Å². The second-order valence-corrected chi connectivity index (χ2v) is 8.86. The molecular formula is C20H26F2N4O5S. The van der Waals surface area contributed by atoms with E-state index in [2.05, 4.69) is 15.3 Å². The summed E-state index contributed by atoms with van der Waals surface area (Å²) in [6.45, 7) is 1.65. The third-order valence-electron chi connectivity index (χ3n) is 4.56. The molecule has 1 atom stereocenters. The van der Waals surface area contributed by atoms with Crippen molar-refractivity contribution in [2.24, 2.45) is 5.92 Å². The van der Waals surface area contributed by atoms with Gasteiger partial charge in [-0.15, -0.1) is 0 Å². The highest BCUT2D eigenvalue weighted by Crippen LogP contribution is 2.33. The molecule has 3 rings (SSSR count). The van der Waals surface area contributed by atoms with Gasteiger partial charge >= 0.3 is 6.09 Å². The summed E-state index contributed by atoms with van der Waals surface area (Å²) in [6.07, 6.45) is 3.26. The van der Waals surface area contributed by atoms with Gasteiger partial charge in [-0.05, 0) is 25.0 Å². The van der Waals surface area contributed by atoms with Gasteiger partial charge in [-0.25, -0.2) is 23.5 Å². The van der Waals surface area contributed by atoms with Crippen molar-refractivity contribution in [1.29, 1.82) is 0 Å². The van der Waals surface area contributed by atoms with Gasteiger partial charge in [-0.1, -0.05) is 29.8 Å². The standard InChI is InChI=1S/C19H22F2N4O2.CH4O3S/c1-14-3-5-15(6-4-14)12-27-18(26)25-10-7-16(19(20,21)13-25)11-24-17-22-8-2-9-23-17;1-5(2,3)4/h2-6,8-9,16H,7,10-13H2,1H3,(H,22,23,24);1H3,(H,2,3,4). The third-order valence-corrected chi connectivity index (χ3v) is 4.56. The number of hydrogen-bond donors (Lipinski definition) is 2. The Morgan fingerprint density at radius 1 is 1.28 bits per heavy atom. The number of ether oxygens (including phenoxy) is 1. The van der Waals surface area contributed by atoms with Gasteiger partial charge in [-0.3, -0.25) is 4.55 Å². The number of hydrogen-bond acceptors (Lipinski definition) is 7. The molecule has 1 unspecified atom stereocenters. The van der Waals surface area contributed by atoms with Gasteiger partial charge in [0.15, 0.2) is 0 Å². The first-order valence-corrected chi connectivity index (χ1v) is 11.6. The van der Waals surface area contributed by atoms with Gasteiger partial charge in [0.2, 0.25) is 5.95 Å². The predicted molar refractivity (Wildman–Crippen MR) is 114 cm³/mol. The lowest BCUT2D eigenvalue weighted by molar-refractivity contribution is -0.102. The maximum atomic E-state index is 14.5. The number of alkyl halides is 2. The Morgan fingerprint density at radius 3 is 2.44 bits per heavy atom. The number of benzene rings is 1. The van der Waals surface area contributed by atoms with Crippen molar-refractivity contribution in [3.8, 4) is 0 Å². The number of aryl methyl sites for hydroxylation is 1. The summed E-state index contributed by atoms with van der Waals surface area (Å²) < 4.78 is 60.0. The van der Waals surface area contributed by atoms with E-state index in [1.807, 2.05) is 31.2 Å². The Hall–Kier alpha value is -2.86. The Labute approximate surface area is 185 Å². The molecule has 1 aliphatic rings. The zero-order chi connectivity index (χ0) is 23.8. The Morgan fingerprint density at radius 2 is 1.88 bits per heavy atom. The van der Waals surface area contributed by atoms with Crippen molar-refractivity contribution in [3.05, 3.63) is 53.9 Å². The van der Waals surface area contributed by atoms with Crippen LogP contribution in [-0.2, 0) is 21.5 Å². The molecule has 1 aromatic heterocycles. The quantitative estimate of drug-likeness (QED) is 0.637. The number of halogens is 2. The highest BCUT2D eigenvalue weighted by molar-refractivity contribution is 7.85. The van der Waals surface area contributed by atoms with E-state index in [9.17, 15) is 22.0 Å². The van der Waals surface area contributed by atoms with Crippen LogP contribution in [0.15, 0.2) is 42.7 Å². The van der Waals surface area contributed by atoms with E-state index in [1.54, 1.807) is 18.5 Å². The number of rotatable bonds is 5. The molecule has 32 heavy (non-hydrogen) atoms. The van der Waals surface area contributed by atoms with Gasteiger partial charge < -0.3 is 15.0 Å². The zero-order valence-electron chi connectivity index (χ0n) is 17.7. The van der Waals surface area contributed by atoms with E-state index in [0.29, 0.717) is 12.2 Å². The lowest BCUT2D eigenvalue weighted by atomic mass is 9.93. The molecule has 1 aromatic carbocycles. The van der Waals surface area contributed by atoms with E-state index in [-0.39, 0.29) is 26.1 Å². The van der Waals surface area contributed by atoms with Crippen molar-refractivity contribution in [2.75, 3.05) is 31.2 Å². The number of anilines is 1. The van der Waals surface area contributed by atoms with Crippen LogP contribution in [0.4, 0.5) is 19.5 Å². The molecule has 0 spiro atoms. The van der Waals surface area contributed by atoms with Crippen LogP contribution in [-0.4, -0.2) is 65.7 Å². The summed E-state index contributed by atoms with van der Waals surface area (Å²) in [5.41, 5.74) is 1.92. The molecule has 1 amide bonds. The summed E-state index contributed by atoms with van der Waals surface area (Å²) in [5.74, 6) is -3.60. The molecule has 0 aliphatic carbocycles. The number of nitrogens with zero attached hydrogens (tertiary/aromatic N) is 3. The summed E-state index contributed by atoms with van der Waals surface area (Å²) in [4.78, 5) is 21.1. The maximum absolute atomic E-state index is 14.5. The zero-order valence-corrected chi connectivity index (χ0v) is 18.6. The molecule has 0 saturated carbocycles. The molecule has 9 nitrogen and oxygen atoms in total. The van der Waals surface area contributed by atoms with Gasteiger partial charge in [-0.2, -0.15) is 8.42 Å². The molecule has 1 aliphatic heterocycles. The molecule has 2 aromatic rings. The van der Waals surface area contributed by atoms with Crippen LogP contribution in [0.5, 0.6) is 0 Å². The topological polar surface area (TPSA) is 122 Å². The largest absolute Gasteiger partial charge is 0.445 e. The number of aromatic nitrogens is 2. The van der Waals surface area contributed by atoms with Gasteiger partial charge in [0.25, 0.3) is 16.0 Å². The first-order valence-electron chi connectivity index (χ1n) is 9.72. The maximum Gasteiger partial charge on any atom is 0.410 e. The van der Waals surface area contributed by atoms with Crippen LogP contribution in [0.1, 0.15) is 17.5 Å². The number of likely N-dealkylation sites (tertiary alicyclic amines) is 1. The summed E-state index contributed by atoms with van der Waals surface area (Å²) >= 11 is 0. The smallest absolute Gasteiger partial charge is 0.410 e. The van der Waals surface area contributed by atoms with Crippen molar-refractivity contribution < 1.29 is 31.3 Å². The fourth-order valence-corrected chi connectivity index (χ4v) is 2.92. The normalized spacial score (nSPS) is 17.7. The summed E-state index contributed by atoms with van der Waals surface area (Å²) in [6, 6.07) is 9.17. The monoisotopic (exact) mass is 472 g/mol. The highest BCUT2D eigenvalue weighted by Gasteiger charge is 2.46. The van der Waals surface area contributed by atoms with Crippen LogP contribution >= 0.6 is 0 Å². The first kappa shape index (κ1) is 25.4. The molecule has 2 heterocycles. The molecule has 1 saturated heterocycles. The van der Waals surface area contributed by atoms with Crippen molar-refractivity contribution >= 4 is 22.2 Å². The number of carbonyl (C=O) groups excluding carboxylic acids is 1. The minimum atomic E-state index is -3.67. The van der Waals surface area contributed by atoms with Crippen molar-refractivity contribution in [2.45, 2.75) is 25.9 Å². The van der Waals surface area contributed by atoms with Crippen LogP contribution in [0, 0.1) is 12.8 Å². The Bertz CT molecular complexity index is 967. The fraction of sp³-hybridized carbons (Fsp3) is 0.450. The van der Waals surface area contributed by atoms with Gasteiger partial charge in [0, 0.05) is 31.4 Å². The molecule has 0 radical (unpaired) electrons. The Kier molecular flexibility index (Phi) is 8.84. The number of amides is 1. The number of piperidine rings is 1. The molecule has 12 heteroatoms. The second kappa shape index (κ2) is 11.1. The summed E-state index contributed by atoms with van der Waals surface area (Å²) in [5, 5.41) is 2.83. The van der Waals surface area contributed by atoms with E-state index in [4.69, 9.17) is 9.29 Å².